The van der Waals surface area contributed by atoms with Crippen molar-refractivity contribution in [3.05, 3.63) is 101 Å². The molecule has 6 nitrogen and oxygen atoms in total. The highest BCUT2D eigenvalue weighted by atomic mass is 32.2. The number of sulfone groups is 1. The van der Waals surface area contributed by atoms with E-state index < -0.39 is 96.5 Å². The molecule has 260 valence electrons. The maximum absolute atomic E-state index is 14.5. The Morgan fingerprint density at radius 1 is 0.875 bits per heavy atom. The lowest BCUT2D eigenvalue weighted by molar-refractivity contribution is -0.392. The number of rotatable bonds is 8. The highest BCUT2D eigenvalue weighted by molar-refractivity contribution is 7.92. The molecule has 1 saturated carbocycles. The Bertz CT molecular complexity index is 1750. The number of nitrogens with zero attached hydrogens (tertiary/aromatic N) is 1. The molecule has 0 aromatic heterocycles. The largest absolute Gasteiger partial charge is 0.430 e. The minimum absolute atomic E-state index is 0.0631. The van der Waals surface area contributed by atoms with E-state index in [9.17, 15) is 57.8 Å². The summed E-state index contributed by atoms with van der Waals surface area (Å²) in [6.45, 7) is -0.0854. The van der Waals surface area contributed by atoms with Crippen LogP contribution in [0.5, 0.6) is 0 Å². The molecule has 1 aliphatic carbocycles. The molecule has 3 aromatic carbocycles. The van der Waals surface area contributed by atoms with Gasteiger partial charge in [0.15, 0.2) is 9.84 Å². The summed E-state index contributed by atoms with van der Waals surface area (Å²) in [5.41, 5.74) is -9.26. The molecule has 2 atom stereocenters. The number of likely N-dealkylation sites (tertiary alicyclic amines) is 1. The maximum Gasteiger partial charge on any atom is 0.430 e. The molecule has 2 aliphatic rings. The fourth-order valence-corrected chi connectivity index (χ4v) is 8.35. The van der Waals surface area contributed by atoms with Crippen LogP contribution in [0.4, 0.5) is 39.5 Å². The minimum Gasteiger partial charge on any atom is -0.390 e. The van der Waals surface area contributed by atoms with E-state index in [2.05, 4.69) is 4.74 Å². The van der Waals surface area contributed by atoms with Crippen molar-refractivity contribution >= 4 is 15.7 Å². The number of amides is 1. The van der Waals surface area contributed by atoms with Gasteiger partial charge in [-0.15, -0.1) is 0 Å². The average Bonchev–Trinajstić information content (AvgIpc) is 3.75. The van der Waals surface area contributed by atoms with Crippen LogP contribution in [0.2, 0.25) is 0 Å². The van der Waals surface area contributed by atoms with Crippen LogP contribution in [-0.4, -0.2) is 55.4 Å². The number of halogens is 9. The monoisotopic (exact) mass is 709 g/mol. The molecule has 3 aromatic rings. The zero-order chi connectivity index (χ0) is 35.5. The van der Waals surface area contributed by atoms with Crippen LogP contribution in [0.3, 0.4) is 0 Å². The van der Waals surface area contributed by atoms with Gasteiger partial charge in [0.2, 0.25) is 5.91 Å². The molecule has 1 amide bonds. The number of piperidine rings is 1. The lowest BCUT2D eigenvalue weighted by Gasteiger charge is -2.37. The molecule has 48 heavy (non-hydrogen) atoms. The second kappa shape index (κ2) is 12.1. The second-order valence-electron chi connectivity index (χ2n) is 12.2. The molecule has 5 rings (SSSR count). The molecule has 1 N–H and O–H groups in total. The van der Waals surface area contributed by atoms with Gasteiger partial charge in [-0.1, -0.05) is 30.3 Å². The van der Waals surface area contributed by atoms with Gasteiger partial charge in [0, 0.05) is 24.2 Å². The number of hydrogen-bond donors (Lipinski definition) is 1. The second-order valence-corrected chi connectivity index (χ2v) is 14.4. The minimum atomic E-state index is -6.24. The predicted molar refractivity (Wildman–Crippen MR) is 151 cm³/mol. The summed E-state index contributed by atoms with van der Waals surface area (Å²) in [4.78, 5) is 14.5. The number of carbonyl (C=O) groups is 1. The third-order valence-corrected chi connectivity index (χ3v) is 11.6. The van der Waals surface area contributed by atoms with Gasteiger partial charge in [0.25, 0.3) is 5.60 Å². The Labute approximate surface area is 269 Å². The Morgan fingerprint density at radius 2 is 1.40 bits per heavy atom. The number of ether oxygens (including phenoxy) is 1. The van der Waals surface area contributed by atoms with Crippen molar-refractivity contribution in [2.75, 3.05) is 13.1 Å². The summed E-state index contributed by atoms with van der Waals surface area (Å²) >= 11 is 0. The number of carbonyl (C=O) groups excluding carboxylic acids is 1. The molecule has 2 unspecified atom stereocenters. The Hall–Kier alpha value is -3.63. The van der Waals surface area contributed by atoms with Gasteiger partial charge in [0.1, 0.15) is 22.2 Å². The summed E-state index contributed by atoms with van der Waals surface area (Å²) in [5, 5.41) is 10.3. The van der Waals surface area contributed by atoms with Gasteiger partial charge >= 0.3 is 12.4 Å². The molecule has 1 heterocycles. The quantitative estimate of drug-likeness (QED) is 0.208. The maximum atomic E-state index is 14.5. The van der Waals surface area contributed by atoms with Crippen molar-refractivity contribution in [1.82, 2.24) is 4.90 Å². The molecule has 0 spiro atoms. The fourth-order valence-electron chi connectivity index (χ4n) is 6.13. The highest BCUT2D eigenvalue weighted by Gasteiger charge is 2.74. The first kappa shape index (κ1) is 35.7. The van der Waals surface area contributed by atoms with E-state index in [0.29, 0.717) is 36.4 Å². The van der Waals surface area contributed by atoms with Crippen LogP contribution in [0.1, 0.15) is 42.9 Å². The molecule has 0 bridgehead atoms. The SMILES string of the molecule is CC1(O)CCN(C(=O)C2CC2(c2ccc(C(OCc3c(F)cccc3F)(C(F)(F)F)C(F)(F)F)cc2)S(=O)(=O)c2ccc(F)cc2)CC1. The summed E-state index contributed by atoms with van der Waals surface area (Å²) in [7, 11) is -4.64. The summed E-state index contributed by atoms with van der Waals surface area (Å²) < 4.78 is 159. The van der Waals surface area contributed by atoms with E-state index in [4.69, 9.17) is 0 Å². The fraction of sp³-hybridized carbons (Fsp3) is 0.406. The zero-order valence-corrected chi connectivity index (χ0v) is 25.8. The van der Waals surface area contributed by atoms with Crippen LogP contribution in [0.15, 0.2) is 71.6 Å². The predicted octanol–water partition coefficient (Wildman–Crippen LogP) is 6.70. The van der Waals surface area contributed by atoms with Gasteiger partial charge in [-0.3, -0.25) is 4.79 Å². The third kappa shape index (κ3) is 5.95. The van der Waals surface area contributed by atoms with Crippen molar-refractivity contribution in [1.29, 1.82) is 0 Å². The smallest absolute Gasteiger partial charge is 0.390 e. The first-order valence-electron chi connectivity index (χ1n) is 14.5. The number of aliphatic hydroxyl groups is 1. The third-order valence-electron chi connectivity index (χ3n) is 9.04. The van der Waals surface area contributed by atoms with Crippen LogP contribution in [0.25, 0.3) is 0 Å². The molecule has 1 aliphatic heterocycles. The van der Waals surface area contributed by atoms with E-state index in [0.717, 1.165) is 30.3 Å². The first-order valence-corrected chi connectivity index (χ1v) is 16.0. The van der Waals surface area contributed by atoms with Crippen LogP contribution >= 0.6 is 0 Å². The van der Waals surface area contributed by atoms with Gasteiger partial charge in [-0.25, -0.2) is 21.6 Å². The summed E-state index contributed by atoms with van der Waals surface area (Å²) in [5.74, 6) is -5.66. The molecule has 1 saturated heterocycles. The van der Waals surface area contributed by atoms with Gasteiger partial charge in [-0.05, 0) is 68.1 Å². The van der Waals surface area contributed by atoms with E-state index in [1.165, 1.54) is 4.90 Å². The van der Waals surface area contributed by atoms with Gasteiger partial charge < -0.3 is 14.7 Å². The Balaban J connectivity index is 1.59. The number of alkyl halides is 6. The van der Waals surface area contributed by atoms with Crippen molar-refractivity contribution < 1.29 is 62.6 Å². The highest BCUT2D eigenvalue weighted by Crippen LogP contribution is 2.62. The van der Waals surface area contributed by atoms with E-state index in [1.807, 2.05) is 0 Å². The molecular formula is C32H28F9NO5S. The van der Waals surface area contributed by atoms with Crippen LogP contribution in [-0.2, 0) is 36.3 Å². The van der Waals surface area contributed by atoms with E-state index in [-0.39, 0.29) is 31.5 Å². The molecule has 16 heteroatoms. The van der Waals surface area contributed by atoms with Gasteiger partial charge in [-0.2, -0.15) is 26.3 Å². The first-order chi connectivity index (χ1) is 22.2. The average molecular weight is 710 g/mol. The summed E-state index contributed by atoms with van der Waals surface area (Å²) in [6.07, 6.45) is -12.5. The molecule has 2 fully saturated rings. The van der Waals surface area contributed by atoms with Gasteiger partial charge in [0.05, 0.1) is 23.0 Å². The standard InChI is InChI=1S/C32H28F9NO5S/c1-28(44)13-15-42(16-14-28)27(43)24-17-29(24,48(45,46)22-11-9-21(33)10-12-22)19-5-7-20(8-6-19)30(31(36,37)38,32(39,40)41)47-18-23-25(34)3-2-4-26(23)35/h2-12,24,44H,13-18H2,1H3. The molecular weight excluding hydrogens is 681 g/mol. The molecule has 0 radical (unpaired) electrons. The van der Waals surface area contributed by atoms with Crippen molar-refractivity contribution in [3.8, 4) is 0 Å². The Morgan fingerprint density at radius 3 is 1.90 bits per heavy atom. The number of hydrogen-bond acceptors (Lipinski definition) is 5. The summed E-state index contributed by atoms with van der Waals surface area (Å²) in [6, 6.07) is 7.71. The van der Waals surface area contributed by atoms with Crippen molar-refractivity contribution in [2.24, 2.45) is 5.92 Å². The van der Waals surface area contributed by atoms with Crippen molar-refractivity contribution in [2.45, 2.75) is 66.0 Å². The lowest BCUT2D eigenvalue weighted by atomic mass is 9.90. The normalized spacial score (nSPS) is 21.6. The van der Waals surface area contributed by atoms with Crippen LogP contribution < -0.4 is 0 Å². The lowest BCUT2D eigenvalue weighted by Crippen LogP contribution is -2.56. The topological polar surface area (TPSA) is 83.9 Å². The van der Waals surface area contributed by atoms with Crippen LogP contribution in [0, 0.1) is 23.4 Å². The van der Waals surface area contributed by atoms with E-state index in [1.54, 1.807) is 6.92 Å². The van der Waals surface area contributed by atoms with E-state index >= 15 is 0 Å². The zero-order valence-electron chi connectivity index (χ0n) is 25.0. The number of benzene rings is 3. The van der Waals surface area contributed by atoms with Crippen molar-refractivity contribution in [3.63, 3.8) is 0 Å². The Kier molecular flexibility index (Phi) is 8.96.